The summed E-state index contributed by atoms with van der Waals surface area (Å²) in [6.07, 6.45) is 3.15. The first-order valence-corrected chi connectivity index (χ1v) is 7.08. The zero-order chi connectivity index (χ0) is 14.7. The summed E-state index contributed by atoms with van der Waals surface area (Å²) in [5.41, 5.74) is 2.31. The second kappa shape index (κ2) is 4.22. The third-order valence-electron chi connectivity index (χ3n) is 4.65. The van der Waals surface area contributed by atoms with Crippen molar-refractivity contribution >= 4 is 5.97 Å². The molecule has 2 aliphatic rings. The minimum Gasteiger partial charge on any atom is -0.493 e. The maximum Gasteiger partial charge on any atom is 0.348 e. The topological polar surface area (TPSA) is 55.8 Å². The molecule has 1 aliphatic carbocycles. The Balaban J connectivity index is 2.38. The Morgan fingerprint density at radius 1 is 1.45 bits per heavy atom. The van der Waals surface area contributed by atoms with Crippen molar-refractivity contribution in [2.75, 3.05) is 7.11 Å². The summed E-state index contributed by atoms with van der Waals surface area (Å²) in [5, 5.41) is 10.5. The molecule has 0 unspecified atom stereocenters. The smallest absolute Gasteiger partial charge is 0.348 e. The Hall–Kier alpha value is -1.55. The van der Waals surface area contributed by atoms with Crippen LogP contribution in [0.15, 0.2) is 0 Å². The van der Waals surface area contributed by atoms with Crippen LogP contribution in [-0.4, -0.2) is 18.2 Å². The fraction of sp³-hybridized carbons (Fsp3) is 0.562. The van der Waals surface area contributed by atoms with Crippen molar-refractivity contribution in [1.82, 2.24) is 0 Å². The molecule has 4 nitrogen and oxygen atoms in total. The molecule has 0 spiro atoms. The summed E-state index contributed by atoms with van der Waals surface area (Å²) in [6, 6.07) is 0. The molecule has 0 fully saturated rings. The summed E-state index contributed by atoms with van der Waals surface area (Å²) in [7, 11) is 1.59. The van der Waals surface area contributed by atoms with E-state index in [9.17, 15) is 9.90 Å². The van der Waals surface area contributed by atoms with Crippen molar-refractivity contribution in [2.45, 2.75) is 51.6 Å². The van der Waals surface area contributed by atoms with Gasteiger partial charge in [0, 0.05) is 11.1 Å². The summed E-state index contributed by atoms with van der Waals surface area (Å²) >= 11 is 0. The predicted octanol–water partition coefficient (Wildman–Crippen LogP) is 2.57. The van der Waals surface area contributed by atoms with Gasteiger partial charge in [0.15, 0.2) is 17.1 Å². The molecule has 1 N–H and O–H groups in total. The average Bonchev–Trinajstić information content (AvgIpc) is 2.61. The number of aliphatic hydroxyl groups is 1. The summed E-state index contributed by atoms with van der Waals surface area (Å²) in [6.45, 7) is 5.64. The maximum atomic E-state index is 11.9. The van der Waals surface area contributed by atoms with Gasteiger partial charge in [0.25, 0.3) is 0 Å². The lowest BCUT2D eigenvalue weighted by Crippen LogP contribution is -2.30. The number of carbonyl (C=O) groups is 1. The lowest BCUT2D eigenvalue weighted by atomic mass is 9.77. The van der Waals surface area contributed by atoms with E-state index in [0.29, 0.717) is 23.0 Å². The number of methoxy groups -OCH3 is 1. The Labute approximate surface area is 118 Å². The Morgan fingerprint density at radius 2 is 2.15 bits per heavy atom. The van der Waals surface area contributed by atoms with Crippen molar-refractivity contribution in [2.24, 2.45) is 0 Å². The average molecular weight is 276 g/mol. The molecule has 0 saturated carbocycles. The number of esters is 1. The van der Waals surface area contributed by atoms with Gasteiger partial charge in [-0.25, -0.2) is 4.79 Å². The molecular weight excluding hydrogens is 256 g/mol. The van der Waals surface area contributed by atoms with Crippen molar-refractivity contribution in [1.29, 1.82) is 0 Å². The highest BCUT2D eigenvalue weighted by Gasteiger charge is 2.48. The fourth-order valence-corrected chi connectivity index (χ4v) is 3.74. The third kappa shape index (κ3) is 1.54. The van der Waals surface area contributed by atoms with Gasteiger partial charge in [-0.3, -0.25) is 0 Å². The van der Waals surface area contributed by atoms with Gasteiger partial charge in [-0.05, 0) is 50.2 Å². The van der Waals surface area contributed by atoms with Crippen LogP contribution in [0.4, 0.5) is 0 Å². The van der Waals surface area contributed by atoms with Crippen molar-refractivity contribution in [3.8, 4) is 11.5 Å². The van der Waals surface area contributed by atoms with Crippen LogP contribution in [0.5, 0.6) is 11.5 Å². The minimum atomic E-state index is -1.58. The molecule has 2 atom stereocenters. The van der Waals surface area contributed by atoms with E-state index in [-0.39, 0.29) is 0 Å². The maximum absolute atomic E-state index is 11.9. The Morgan fingerprint density at radius 3 is 2.80 bits per heavy atom. The quantitative estimate of drug-likeness (QED) is 0.632. The van der Waals surface area contributed by atoms with E-state index in [2.05, 4.69) is 6.92 Å². The zero-order valence-electron chi connectivity index (χ0n) is 12.4. The molecule has 0 aromatic heterocycles. The standard InChI is InChI=1S/C16H20O4/c1-8-6-5-7-10-11(8)9(2)12-14(13(10)19-4)20-15(17)16(12,3)18/h8,18H,5-7H2,1-4H3/t8-,16-/m0/s1. The molecule has 1 heterocycles. The number of hydrogen-bond acceptors (Lipinski definition) is 4. The van der Waals surface area contributed by atoms with Gasteiger partial charge in [-0.2, -0.15) is 0 Å². The van der Waals surface area contributed by atoms with E-state index in [1.165, 1.54) is 12.5 Å². The van der Waals surface area contributed by atoms with Gasteiger partial charge >= 0.3 is 5.97 Å². The van der Waals surface area contributed by atoms with Crippen molar-refractivity contribution < 1.29 is 19.4 Å². The molecule has 3 rings (SSSR count). The van der Waals surface area contributed by atoms with Gasteiger partial charge < -0.3 is 14.6 Å². The molecule has 0 amide bonds. The van der Waals surface area contributed by atoms with Crippen LogP contribution in [0.2, 0.25) is 0 Å². The second-order valence-electron chi connectivity index (χ2n) is 6.01. The highest BCUT2D eigenvalue weighted by atomic mass is 16.6. The van der Waals surface area contributed by atoms with Gasteiger partial charge in [0.05, 0.1) is 7.11 Å². The van der Waals surface area contributed by atoms with Crippen molar-refractivity contribution in [3.05, 3.63) is 22.3 Å². The van der Waals surface area contributed by atoms with E-state index in [0.717, 1.165) is 30.4 Å². The van der Waals surface area contributed by atoms with Crippen molar-refractivity contribution in [3.63, 3.8) is 0 Å². The van der Waals surface area contributed by atoms with E-state index in [1.54, 1.807) is 7.11 Å². The molecule has 108 valence electrons. The third-order valence-corrected chi connectivity index (χ3v) is 4.65. The van der Waals surface area contributed by atoms with E-state index in [1.807, 2.05) is 6.92 Å². The van der Waals surface area contributed by atoms with E-state index < -0.39 is 11.6 Å². The number of carbonyl (C=O) groups excluding carboxylic acids is 1. The number of ether oxygens (including phenoxy) is 2. The highest BCUT2D eigenvalue weighted by Crippen LogP contribution is 2.52. The highest BCUT2D eigenvalue weighted by molar-refractivity contribution is 5.91. The number of hydrogen-bond donors (Lipinski definition) is 1. The normalized spacial score (nSPS) is 27.9. The monoisotopic (exact) mass is 276 g/mol. The fourth-order valence-electron chi connectivity index (χ4n) is 3.74. The predicted molar refractivity (Wildman–Crippen MR) is 74.3 cm³/mol. The van der Waals surface area contributed by atoms with Crippen LogP contribution in [0.25, 0.3) is 0 Å². The first-order valence-electron chi connectivity index (χ1n) is 7.08. The molecule has 0 radical (unpaired) electrons. The first kappa shape index (κ1) is 13.4. The summed E-state index contributed by atoms with van der Waals surface area (Å²) in [4.78, 5) is 11.9. The number of fused-ring (bicyclic) bond motifs is 2. The molecule has 1 aromatic rings. The van der Waals surface area contributed by atoms with Gasteiger partial charge in [-0.15, -0.1) is 0 Å². The van der Waals surface area contributed by atoms with Gasteiger partial charge in [-0.1, -0.05) is 6.92 Å². The van der Waals surface area contributed by atoms with E-state index >= 15 is 0 Å². The molecule has 0 saturated heterocycles. The van der Waals surface area contributed by atoms with Crippen LogP contribution in [-0.2, 0) is 16.8 Å². The van der Waals surface area contributed by atoms with E-state index in [4.69, 9.17) is 9.47 Å². The molecular formula is C16H20O4. The molecule has 1 aliphatic heterocycles. The Kier molecular flexibility index (Phi) is 2.83. The van der Waals surface area contributed by atoms with Crippen LogP contribution >= 0.6 is 0 Å². The number of benzene rings is 1. The molecule has 1 aromatic carbocycles. The summed E-state index contributed by atoms with van der Waals surface area (Å²) in [5.74, 6) is 0.819. The lowest BCUT2D eigenvalue weighted by molar-refractivity contribution is -0.150. The largest absolute Gasteiger partial charge is 0.493 e. The Bertz CT molecular complexity index is 601. The minimum absolute atomic E-state index is 0.407. The first-order chi connectivity index (χ1) is 9.39. The SMILES string of the molecule is COc1c2c(c(C)c3c1OC(=O)[C@@]3(C)O)[C@@H](C)CCC2. The zero-order valence-corrected chi connectivity index (χ0v) is 12.4. The second-order valence-corrected chi connectivity index (χ2v) is 6.01. The van der Waals surface area contributed by atoms with Crippen LogP contribution in [0.1, 0.15) is 54.9 Å². The summed E-state index contributed by atoms with van der Waals surface area (Å²) < 4.78 is 10.8. The number of rotatable bonds is 1. The molecule has 4 heteroatoms. The van der Waals surface area contributed by atoms with Crippen LogP contribution in [0, 0.1) is 6.92 Å². The van der Waals surface area contributed by atoms with Gasteiger partial charge in [0.2, 0.25) is 0 Å². The lowest BCUT2D eigenvalue weighted by Gasteiger charge is -2.29. The van der Waals surface area contributed by atoms with Gasteiger partial charge in [0.1, 0.15) is 0 Å². The molecule has 0 bridgehead atoms. The molecule has 20 heavy (non-hydrogen) atoms. The van der Waals surface area contributed by atoms with Crippen LogP contribution in [0.3, 0.4) is 0 Å². The van der Waals surface area contributed by atoms with Crippen LogP contribution < -0.4 is 9.47 Å².